The normalized spacial score (nSPS) is 11.7. The van der Waals surface area contributed by atoms with E-state index in [1.54, 1.807) is 0 Å². The van der Waals surface area contributed by atoms with Crippen LogP contribution < -0.4 is 10.1 Å². The van der Waals surface area contributed by atoms with Crippen molar-refractivity contribution in [2.45, 2.75) is 46.4 Å². The molecule has 0 spiro atoms. The molecule has 0 fully saturated rings. The highest BCUT2D eigenvalue weighted by Gasteiger charge is 2.10. The molecule has 0 saturated heterocycles. The van der Waals surface area contributed by atoms with E-state index in [4.69, 9.17) is 9.15 Å². The van der Waals surface area contributed by atoms with Crippen LogP contribution >= 0.6 is 15.9 Å². The first-order chi connectivity index (χ1) is 9.83. The molecule has 3 nitrogen and oxygen atoms in total. The Balaban J connectivity index is 1.89. The molecule has 114 valence electrons. The summed E-state index contributed by atoms with van der Waals surface area (Å²) in [7, 11) is 0. The van der Waals surface area contributed by atoms with Crippen molar-refractivity contribution in [3.05, 3.63) is 51.9 Å². The van der Waals surface area contributed by atoms with E-state index >= 15 is 0 Å². The van der Waals surface area contributed by atoms with E-state index in [9.17, 15) is 0 Å². The Morgan fingerprint density at radius 1 is 1.14 bits per heavy atom. The summed E-state index contributed by atoms with van der Waals surface area (Å²) < 4.78 is 12.6. The molecule has 4 heteroatoms. The largest absolute Gasteiger partial charge is 0.486 e. The van der Waals surface area contributed by atoms with Gasteiger partial charge >= 0.3 is 0 Å². The summed E-state index contributed by atoms with van der Waals surface area (Å²) >= 11 is 3.48. The molecule has 0 unspecified atom stereocenters. The van der Waals surface area contributed by atoms with Gasteiger partial charge in [-0.15, -0.1) is 0 Å². The van der Waals surface area contributed by atoms with Crippen LogP contribution in [-0.4, -0.2) is 5.54 Å². The molecule has 0 amide bonds. The van der Waals surface area contributed by atoms with Crippen LogP contribution in [0.5, 0.6) is 5.75 Å². The molecule has 0 aliphatic rings. The maximum Gasteiger partial charge on any atom is 0.146 e. The number of hydrogen-bond acceptors (Lipinski definition) is 3. The van der Waals surface area contributed by atoms with Crippen molar-refractivity contribution >= 4 is 15.9 Å². The van der Waals surface area contributed by atoms with Crippen LogP contribution in [0.2, 0.25) is 0 Å². The van der Waals surface area contributed by atoms with Crippen LogP contribution in [0.4, 0.5) is 0 Å². The summed E-state index contributed by atoms with van der Waals surface area (Å²) in [6, 6.07) is 9.90. The molecule has 0 saturated carbocycles. The van der Waals surface area contributed by atoms with Crippen molar-refractivity contribution < 1.29 is 9.15 Å². The lowest BCUT2D eigenvalue weighted by Gasteiger charge is -2.19. The zero-order valence-corrected chi connectivity index (χ0v) is 14.6. The molecule has 0 aliphatic carbocycles. The Kier molecular flexibility index (Phi) is 5.12. The zero-order chi connectivity index (χ0) is 15.5. The highest BCUT2D eigenvalue weighted by atomic mass is 79.9. The molecule has 2 aromatic rings. The average molecular weight is 352 g/mol. The number of nitrogens with one attached hydrogen (secondary N) is 1. The van der Waals surface area contributed by atoms with Gasteiger partial charge in [0.1, 0.15) is 23.9 Å². The smallest absolute Gasteiger partial charge is 0.146 e. The van der Waals surface area contributed by atoms with Gasteiger partial charge in [-0.3, -0.25) is 0 Å². The van der Waals surface area contributed by atoms with E-state index < -0.39 is 0 Å². The topological polar surface area (TPSA) is 34.4 Å². The van der Waals surface area contributed by atoms with Crippen molar-refractivity contribution in [3.63, 3.8) is 0 Å². The molecule has 0 atom stereocenters. The van der Waals surface area contributed by atoms with E-state index in [1.807, 2.05) is 37.3 Å². The summed E-state index contributed by atoms with van der Waals surface area (Å²) in [5.74, 6) is 2.61. The Morgan fingerprint density at radius 3 is 2.52 bits per heavy atom. The maximum absolute atomic E-state index is 5.76. The highest BCUT2D eigenvalue weighted by molar-refractivity contribution is 9.10. The number of furan rings is 1. The van der Waals surface area contributed by atoms with Crippen LogP contribution in [0.25, 0.3) is 0 Å². The van der Waals surface area contributed by atoms with Gasteiger partial charge in [0.2, 0.25) is 0 Å². The summed E-state index contributed by atoms with van der Waals surface area (Å²) in [5.41, 5.74) is 1.24. The molecule has 0 radical (unpaired) electrons. The molecule has 1 N–H and O–H groups in total. The number of ether oxygens (including phenoxy) is 1. The van der Waals surface area contributed by atoms with Crippen LogP contribution in [0, 0.1) is 6.92 Å². The predicted molar refractivity (Wildman–Crippen MR) is 88.5 cm³/mol. The van der Waals surface area contributed by atoms with E-state index in [2.05, 4.69) is 42.0 Å². The van der Waals surface area contributed by atoms with Gasteiger partial charge in [-0.25, -0.2) is 0 Å². The number of benzene rings is 1. The molecule has 1 aromatic heterocycles. The van der Waals surface area contributed by atoms with Gasteiger partial charge in [0, 0.05) is 10.0 Å². The van der Waals surface area contributed by atoms with Crippen LogP contribution in [0.1, 0.15) is 37.9 Å². The fourth-order valence-corrected chi connectivity index (χ4v) is 2.06. The van der Waals surface area contributed by atoms with E-state index in [1.165, 1.54) is 0 Å². The molecule has 1 heterocycles. The predicted octanol–water partition coefficient (Wildman–Crippen LogP) is 4.82. The Hall–Kier alpha value is -1.26. The molecule has 1 aromatic carbocycles. The quantitative estimate of drug-likeness (QED) is 0.838. The van der Waals surface area contributed by atoms with Crippen molar-refractivity contribution in [2.24, 2.45) is 0 Å². The van der Waals surface area contributed by atoms with E-state index in [-0.39, 0.29) is 5.54 Å². The summed E-state index contributed by atoms with van der Waals surface area (Å²) in [6.07, 6.45) is 0. The molecular weight excluding hydrogens is 330 g/mol. The van der Waals surface area contributed by atoms with Crippen molar-refractivity contribution in [3.8, 4) is 5.75 Å². The van der Waals surface area contributed by atoms with Crippen molar-refractivity contribution in [1.82, 2.24) is 5.32 Å². The standard InChI is InChI=1S/C17H22BrNO2/c1-12-9-13(7-8-16(12)18)20-11-15-6-5-14(21-15)10-19-17(2,3)4/h5-9,19H,10-11H2,1-4H3. The van der Waals surface area contributed by atoms with Crippen molar-refractivity contribution in [2.75, 3.05) is 0 Å². The third kappa shape index (κ3) is 5.21. The minimum absolute atomic E-state index is 0.0818. The van der Waals surface area contributed by atoms with Crippen LogP contribution in [-0.2, 0) is 13.2 Å². The van der Waals surface area contributed by atoms with E-state index in [0.29, 0.717) is 6.61 Å². The maximum atomic E-state index is 5.76. The number of halogens is 1. The van der Waals surface area contributed by atoms with Gasteiger partial charge in [-0.1, -0.05) is 15.9 Å². The van der Waals surface area contributed by atoms with Crippen LogP contribution in [0.3, 0.4) is 0 Å². The summed E-state index contributed by atoms with van der Waals surface area (Å²) in [5, 5.41) is 3.40. The molecule has 0 aliphatic heterocycles. The summed E-state index contributed by atoms with van der Waals surface area (Å²) in [4.78, 5) is 0. The minimum atomic E-state index is 0.0818. The van der Waals surface area contributed by atoms with Gasteiger partial charge in [0.05, 0.1) is 6.54 Å². The van der Waals surface area contributed by atoms with Gasteiger partial charge < -0.3 is 14.5 Å². The lowest BCUT2D eigenvalue weighted by Crippen LogP contribution is -2.34. The number of hydrogen-bond donors (Lipinski definition) is 1. The first kappa shape index (κ1) is 16.1. The lowest BCUT2D eigenvalue weighted by atomic mass is 10.1. The Morgan fingerprint density at radius 2 is 1.86 bits per heavy atom. The van der Waals surface area contributed by atoms with Gasteiger partial charge in [0.25, 0.3) is 0 Å². The van der Waals surface area contributed by atoms with Crippen LogP contribution in [0.15, 0.2) is 39.2 Å². The first-order valence-corrected chi connectivity index (χ1v) is 7.84. The second-order valence-corrected chi connectivity index (χ2v) is 7.03. The molecule has 0 bridgehead atoms. The Bertz CT molecular complexity index is 599. The van der Waals surface area contributed by atoms with Crippen molar-refractivity contribution in [1.29, 1.82) is 0 Å². The molecule has 2 rings (SSSR count). The Labute approximate surface area is 134 Å². The number of aryl methyl sites for hydroxylation is 1. The first-order valence-electron chi connectivity index (χ1n) is 7.05. The lowest BCUT2D eigenvalue weighted by molar-refractivity contribution is 0.263. The average Bonchev–Trinajstić information content (AvgIpc) is 2.85. The SMILES string of the molecule is Cc1cc(OCc2ccc(CNC(C)(C)C)o2)ccc1Br. The monoisotopic (exact) mass is 351 g/mol. The second-order valence-electron chi connectivity index (χ2n) is 6.17. The fourth-order valence-electron chi connectivity index (χ4n) is 1.81. The second kappa shape index (κ2) is 6.67. The third-order valence-electron chi connectivity index (χ3n) is 3.02. The molecule has 21 heavy (non-hydrogen) atoms. The van der Waals surface area contributed by atoms with Gasteiger partial charge in [-0.2, -0.15) is 0 Å². The molecular formula is C17H22BrNO2. The fraction of sp³-hybridized carbons (Fsp3) is 0.412. The summed E-state index contributed by atoms with van der Waals surface area (Å²) in [6.45, 7) is 9.61. The zero-order valence-electron chi connectivity index (χ0n) is 13.0. The number of rotatable bonds is 5. The van der Waals surface area contributed by atoms with Gasteiger partial charge in [0.15, 0.2) is 0 Å². The highest BCUT2D eigenvalue weighted by Crippen LogP contribution is 2.22. The van der Waals surface area contributed by atoms with Gasteiger partial charge in [-0.05, 0) is 63.6 Å². The van der Waals surface area contributed by atoms with E-state index in [0.717, 1.165) is 33.9 Å². The third-order valence-corrected chi connectivity index (χ3v) is 3.91. The minimum Gasteiger partial charge on any atom is -0.486 e.